The van der Waals surface area contributed by atoms with Crippen molar-refractivity contribution in [3.8, 4) is 11.8 Å². The SMILES string of the molecule is CC#C[C@H]1CN(S(=O)(=O)c2ccc(NC(=O)OC(C)(C)C)nc2)CCN1c1ncc(S(=O)(=O)NC)s1. The summed E-state index contributed by atoms with van der Waals surface area (Å²) in [6, 6.07) is 2.21. The zero-order valence-corrected chi connectivity index (χ0v) is 22.9. The maximum absolute atomic E-state index is 13.3. The zero-order chi connectivity index (χ0) is 26.7. The minimum atomic E-state index is -3.91. The van der Waals surface area contributed by atoms with Crippen LogP contribution in [0.2, 0.25) is 0 Å². The number of anilines is 2. The van der Waals surface area contributed by atoms with Gasteiger partial charge in [0.25, 0.3) is 10.0 Å². The van der Waals surface area contributed by atoms with Gasteiger partial charge in [-0.05, 0) is 46.9 Å². The molecule has 15 heteroatoms. The molecular weight excluding hydrogens is 528 g/mol. The summed E-state index contributed by atoms with van der Waals surface area (Å²) in [6.45, 7) is 7.27. The van der Waals surface area contributed by atoms with E-state index in [2.05, 4.69) is 31.8 Å². The van der Waals surface area contributed by atoms with Crippen molar-refractivity contribution in [3.63, 3.8) is 0 Å². The van der Waals surface area contributed by atoms with Crippen LogP contribution in [0.25, 0.3) is 0 Å². The highest BCUT2D eigenvalue weighted by molar-refractivity contribution is 7.91. The highest BCUT2D eigenvalue weighted by Gasteiger charge is 2.35. The number of sulfonamides is 2. The lowest BCUT2D eigenvalue weighted by Gasteiger charge is -2.38. The lowest BCUT2D eigenvalue weighted by Crippen LogP contribution is -2.54. The van der Waals surface area contributed by atoms with Crippen molar-refractivity contribution in [1.29, 1.82) is 0 Å². The van der Waals surface area contributed by atoms with E-state index in [0.717, 1.165) is 11.3 Å². The second kappa shape index (κ2) is 10.7. The van der Waals surface area contributed by atoms with E-state index in [0.29, 0.717) is 5.13 Å². The van der Waals surface area contributed by atoms with Gasteiger partial charge in [0, 0.05) is 25.8 Å². The van der Waals surface area contributed by atoms with Crippen LogP contribution in [0.5, 0.6) is 0 Å². The topological polar surface area (TPSA) is 151 Å². The first-order chi connectivity index (χ1) is 16.8. The van der Waals surface area contributed by atoms with E-state index in [-0.39, 0.29) is 34.6 Å². The Kier molecular flexibility index (Phi) is 8.26. The molecule has 1 saturated heterocycles. The molecule has 0 saturated carbocycles. The first-order valence-electron chi connectivity index (χ1n) is 10.8. The number of thiazole rings is 1. The van der Waals surface area contributed by atoms with Gasteiger partial charge in [0.05, 0.1) is 6.20 Å². The van der Waals surface area contributed by atoms with Gasteiger partial charge >= 0.3 is 6.09 Å². The van der Waals surface area contributed by atoms with Gasteiger partial charge < -0.3 is 9.64 Å². The molecule has 0 radical (unpaired) electrons. The molecule has 1 aliphatic rings. The number of nitrogens with one attached hydrogen (secondary N) is 2. The van der Waals surface area contributed by atoms with Crippen molar-refractivity contribution in [2.45, 2.75) is 48.4 Å². The number of carbonyl (C=O) groups is 1. The molecule has 0 aromatic carbocycles. The van der Waals surface area contributed by atoms with Crippen molar-refractivity contribution >= 4 is 48.4 Å². The summed E-state index contributed by atoms with van der Waals surface area (Å²) in [5, 5.41) is 2.90. The highest BCUT2D eigenvalue weighted by Crippen LogP contribution is 2.30. The van der Waals surface area contributed by atoms with Gasteiger partial charge in [-0.1, -0.05) is 17.3 Å². The van der Waals surface area contributed by atoms with Crippen LogP contribution in [0.3, 0.4) is 0 Å². The molecular formula is C21H28N6O6S3. The summed E-state index contributed by atoms with van der Waals surface area (Å²) in [5.41, 5.74) is -0.686. The third-order valence-electron chi connectivity index (χ3n) is 4.91. The summed E-state index contributed by atoms with van der Waals surface area (Å²) in [4.78, 5) is 21.9. The predicted molar refractivity (Wildman–Crippen MR) is 136 cm³/mol. The van der Waals surface area contributed by atoms with Crippen molar-refractivity contribution in [2.75, 3.05) is 36.9 Å². The minimum Gasteiger partial charge on any atom is -0.444 e. The molecule has 36 heavy (non-hydrogen) atoms. The van der Waals surface area contributed by atoms with Gasteiger partial charge in [0.2, 0.25) is 10.0 Å². The summed E-state index contributed by atoms with van der Waals surface area (Å²) >= 11 is 0.989. The van der Waals surface area contributed by atoms with Crippen LogP contribution in [0.15, 0.2) is 33.6 Å². The Morgan fingerprint density at radius 2 is 1.89 bits per heavy atom. The number of piperazine rings is 1. The molecule has 0 bridgehead atoms. The Hall–Kier alpha value is -2.77. The van der Waals surface area contributed by atoms with Gasteiger partial charge in [0.15, 0.2) is 9.34 Å². The average Bonchev–Trinajstić information content (AvgIpc) is 3.29. The smallest absolute Gasteiger partial charge is 0.413 e. The Labute approximate surface area is 215 Å². The Morgan fingerprint density at radius 3 is 2.47 bits per heavy atom. The number of aromatic nitrogens is 2. The molecule has 2 aromatic heterocycles. The first kappa shape index (κ1) is 27.8. The molecule has 196 valence electrons. The third-order valence-corrected chi connectivity index (χ3v) is 9.67. The molecule has 1 aliphatic heterocycles. The van der Waals surface area contributed by atoms with Crippen LogP contribution in [0.4, 0.5) is 15.7 Å². The van der Waals surface area contributed by atoms with Crippen LogP contribution < -0.4 is 14.9 Å². The predicted octanol–water partition coefficient (Wildman–Crippen LogP) is 1.70. The van der Waals surface area contributed by atoms with E-state index in [1.807, 2.05) is 0 Å². The highest BCUT2D eigenvalue weighted by atomic mass is 32.2. The fraction of sp³-hybridized carbons (Fsp3) is 0.476. The molecule has 2 aromatic rings. The molecule has 2 N–H and O–H groups in total. The molecule has 0 unspecified atom stereocenters. The maximum Gasteiger partial charge on any atom is 0.413 e. The van der Waals surface area contributed by atoms with E-state index in [1.54, 1.807) is 32.6 Å². The lowest BCUT2D eigenvalue weighted by atomic mass is 10.2. The van der Waals surface area contributed by atoms with Crippen molar-refractivity contribution in [3.05, 3.63) is 24.5 Å². The van der Waals surface area contributed by atoms with Gasteiger partial charge in [-0.25, -0.2) is 36.3 Å². The maximum atomic E-state index is 13.3. The molecule has 3 rings (SSSR count). The molecule has 0 spiro atoms. The molecule has 1 amide bonds. The molecule has 1 atom stereocenters. The number of nitrogens with zero attached hydrogens (tertiary/aromatic N) is 4. The largest absolute Gasteiger partial charge is 0.444 e. The standard InChI is InChI=1S/C21H28N6O6S3/c1-6-7-15-14-26(10-11-27(15)19-24-13-18(34-19)35(29,30)22-5)36(31,32)16-8-9-17(23-12-16)25-20(28)33-21(2,3)4/h8-9,12-13,15,22H,10-11,14H2,1-5H3,(H,23,25,28)/t15-/m0/s1. The van der Waals surface area contributed by atoms with Crippen molar-refractivity contribution in [1.82, 2.24) is 19.0 Å². The average molecular weight is 557 g/mol. The van der Waals surface area contributed by atoms with E-state index in [1.165, 1.54) is 35.9 Å². The van der Waals surface area contributed by atoms with Crippen LogP contribution in [0, 0.1) is 11.8 Å². The van der Waals surface area contributed by atoms with Gasteiger partial charge in [-0.2, -0.15) is 4.31 Å². The van der Waals surface area contributed by atoms with Crippen molar-refractivity contribution in [2.24, 2.45) is 0 Å². The molecule has 1 fully saturated rings. The quantitative estimate of drug-likeness (QED) is 0.507. The summed E-state index contributed by atoms with van der Waals surface area (Å²) in [6.07, 6.45) is 1.74. The Balaban J connectivity index is 1.76. The first-order valence-corrected chi connectivity index (χ1v) is 14.6. The Bertz CT molecular complexity index is 1370. The monoisotopic (exact) mass is 556 g/mol. The summed E-state index contributed by atoms with van der Waals surface area (Å²) < 4.78 is 59.5. The van der Waals surface area contributed by atoms with Gasteiger partial charge in [-0.15, -0.1) is 5.92 Å². The normalized spacial score (nSPS) is 17.2. The van der Waals surface area contributed by atoms with Gasteiger partial charge in [0.1, 0.15) is 22.4 Å². The fourth-order valence-corrected chi connectivity index (χ4v) is 6.68. The minimum absolute atomic E-state index is 0.0365. The number of amides is 1. The van der Waals surface area contributed by atoms with Crippen molar-refractivity contribution < 1.29 is 26.4 Å². The number of ether oxygens (including phenoxy) is 1. The molecule has 0 aliphatic carbocycles. The van der Waals surface area contributed by atoms with E-state index in [9.17, 15) is 21.6 Å². The lowest BCUT2D eigenvalue weighted by molar-refractivity contribution is 0.0635. The zero-order valence-electron chi connectivity index (χ0n) is 20.5. The summed E-state index contributed by atoms with van der Waals surface area (Å²) in [5.74, 6) is 5.95. The second-order valence-corrected chi connectivity index (χ2v) is 13.7. The number of hydrogen-bond donors (Lipinski definition) is 2. The third kappa shape index (κ3) is 6.51. The number of pyridine rings is 1. The van der Waals surface area contributed by atoms with Crippen LogP contribution in [0.1, 0.15) is 27.7 Å². The number of rotatable bonds is 6. The molecule has 12 nitrogen and oxygen atoms in total. The fourth-order valence-electron chi connectivity index (χ4n) is 3.27. The van der Waals surface area contributed by atoms with E-state index >= 15 is 0 Å². The van der Waals surface area contributed by atoms with E-state index in [4.69, 9.17) is 4.74 Å². The number of hydrogen-bond acceptors (Lipinski definition) is 10. The molecule has 3 heterocycles. The van der Waals surface area contributed by atoms with Crippen LogP contribution in [-0.4, -0.2) is 75.5 Å². The summed E-state index contributed by atoms with van der Waals surface area (Å²) in [7, 11) is -6.23. The second-order valence-electron chi connectivity index (χ2n) is 8.64. The van der Waals surface area contributed by atoms with Gasteiger partial charge in [-0.3, -0.25) is 5.32 Å². The van der Waals surface area contributed by atoms with Crippen LogP contribution in [-0.2, 0) is 24.8 Å². The Morgan fingerprint density at radius 1 is 1.17 bits per heavy atom. The van der Waals surface area contributed by atoms with Crippen LogP contribution >= 0.6 is 11.3 Å². The van der Waals surface area contributed by atoms with E-state index < -0.39 is 37.8 Å². The number of carbonyl (C=O) groups excluding carboxylic acids is 1.